The fourth-order valence-electron chi connectivity index (χ4n) is 3.49. The summed E-state index contributed by atoms with van der Waals surface area (Å²) < 4.78 is 0. The number of hydrogen-bond acceptors (Lipinski definition) is 2. The highest BCUT2D eigenvalue weighted by Crippen LogP contribution is 2.29. The Labute approximate surface area is 135 Å². The maximum absolute atomic E-state index is 12.7. The Morgan fingerprint density at radius 1 is 1.09 bits per heavy atom. The van der Waals surface area contributed by atoms with Crippen LogP contribution in [0.4, 0.5) is 0 Å². The minimum absolute atomic E-state index is 0.0811. The van der Waals surface area contributed by atoms with Gasteiger partial charge < -0.3 is 10.2 Å². The number of benzene rings is 2. The van der Waals surface area contributed by atoms with Crippen molar-refractivity contribution in [3.05, 3.63) is 70.8 Å². The van der Waals surface area contributed by atoms with E-state index in [0.717, 1.165) is 18.5 Å². The molecule has 1 atom stereocenters. The number of amides is 2. The Morgan fingerprint density at radius 2 is 1.83 bits per heavy atom. The van der Waals surface area contributed by atoms with E-state index in [0.29, 0.717) is 18.5 Å². The molecule has 0 spiro atoms. The summed E-state index contributed by atoms with van der Waals surface area (Å²) in [7, 11) is 0. The lowest BCUT2D eigenvalue weighted by molar-refractivity contribution is -0.132. The summed E-state index contributed by atoms with van der Waals surface area (Å²) in [5, 5.41) is 2.92. The van der Waals surface area contributed by atoms with Gasteiger partial charge in [-0.15, -0.1) is 0 Å². The van der Waals surface area contributed by atoms with Crippen LogP contribution < -0.4 is 5.32 Å². The molecule has 1 N–H and O–H groups in total. The average molecular weight is 306 g/mol. The van der Waals surface area contributed by atoms with Gasteiger partial charge in [0.1, 0.15) is 0 Å². The fourth-order valence-corrected chi connectivity index (χ4v) is 3.49. The first kappa shape index (κ1) is 14.0. The van der Waals surface area contributed by atoms with Crippen LogP contribution in [0.2, 0.25) is 0 Å². The highest BCUT2D eigenvalue weighted by Gasteiger charge is 2.31. The first-order valence-electron chi connectivity index (χ1n) is 7.97. The van der Waals surface area contributed by atoms with Crippen LogP contribution in [-0.2, 0) is 17.8 Å². The molecule has 2 aromatic rings. The first-order chi connectivity index (χ1) is 11.2. The topological polar surface area (TPSA) is 49.4 Å². The second kappa shape index (κ2) is 5.54. The first-order valence-corrected chi connectivity index (χ1v) is 7.97. The minimum Gasteiger partial charge on any atom is -0.345 e. The van der Waals surface area contributed by atoms with Crippen LogP contribution in [0.15, 0.2) is 48.5 Å². The van der Waals surface area contributed by atoms with E-state index in [1.54, 1.807) is 0 Å². The molecular weight excluding hydrogens is 288 g/mol. The number of fused-ring (bicyclic) bond motifs is 2. The highest BCUT2D eigenvalue weighted by molar-refractivity contribution is 5.99. The van der Waals surface area contributed by atoms with E-state index in [4.69, 9.17) is 0 Å². The normalized spacial score (nSPS) is 19.0. The molecule has 2 amide bonds. The van der Waals surface area contributed by atoms with Crippen LogP contribution in [0.3, 0.4) is 0 Å². The van der Waals surface area contributed by atoms with Gasteiger partial charge in [-0.2, -0.15) is 0 Å². The van der Waals surface area contributed by atoms with E-state index in [9.17, 15) is 9.59 Å². The van der Waals surface area contributed by atoms with Gasteiger partial charge in [-0.3, -0.25) is 9.59 Å². The van der Waals surface area contributed by atoms with Gasteiger partial charge in [-0.05, 0) is 29.2 Å². The van der Waals surface area contributed by atoms with Gasteiger partial charge in [0.2, 0.25) is 5.91 Å². The third-order valence-corrected chi connectivity index (χ3v) is 4.75. The number of nitrogens with one attached hydrogen (secondary N) is 1. The van der Waals surface area contributed by atoms with E-state index in [2.05, 4.69) is 17.4 Å². The molecule has 2 aromatic carbocycles. The molecule has 0 fully saturated rings. The largest absolute Gasteiger partial charge is 0.345 e. The monoisotopic (exact) mass is 306 g/mol. The SMILES string of the molecule is O=C1N[C@H](CC(=O)N2CCc3ccccc3C2)c2ccccc21. The summed E-state index contributed by atoms with van der Waals surface area (Å²) in [6, 6.07) is 15.6. The van der Waals surface area contributed by atoms with Crippen molar-refractivity contribution in [2.24, 2.45) is 0 Å². The molecule has 2 aliphatic rings. The summed E-state index contributed by atoms with van der Waals surface area (Å²) in [5.74, 6) is 0.0175. The van der Waals surface area contributed by atoms with Crippen LogP contribution >= 0.6 is 0 Å². The van der Waals surface area contributed by atoms with Crippen molar-refractivity contribution >= 4 is 11.8 Å². The number of carbonyl (C=O) groups is 2. The van der Waals surface area contributed by atoms with Crippen molar-refractivity contribution in [1.82, 2.24) is 10.2 Å². The summed E-state index contributed by atoms with van der Waals surface area (Å²) >= 11 is 0. The van der Waals surface area contributed by atoms with Gasteiger partial charge in [0.25, 0.3) is 5.91 Å². The van der Waals surface area contributed by atoms with E-state index in [1.807, 2.05) is 41.3 Å². The van der Waals surface area contributed by atoms with Gasteiger partial charge >= 0.3 is 0 Å². The van der Waals surface area contributed by atoms with E-state index in [-0.39, 0.29) is 17.9 Å². The lowest BCUT2D eigenvalue weighted by Crippen LogP contribution is -2.37. The molecule has 4 nitrogen and oxygen atoms in total. The van der Waals surface area contributed by atoms with Crippen molar-refractivity contribution < 1.29 is 9.59 Å². The van der Waals surface area contributed by atoms with Gasteiger partial charge in [0.05, 0.1) is 12.5 Å². The van der Waals surface area contributed by atoms with Crippen molar-refractivity contribution in [1.29, 1.82) is 0 Å². The van der Waals surface area contributed by atoms with Gasteiger partial charge in [-0.1, -0.05) is 42.5 Å². The lowest BCUT2D eigenvalue weighted by atomic mass is 9.98. The standard InChI is InChI=1S/C19H18N2O2/c22-18(21-10-9-13-5-1-2-6-14(13)12-21)11-17-15-7-3-4-8-16(15)19(23)20-17/h1-8,17H,9-12H2,(H,20,23)/t17-/m1/s1. The molecule has 116 valence electrons. The van der Waals surface area contributed by atoms with Crippen molar-refractivity contribution in [3.63, 3.8) is 0 Å². The Bertz CT molecular complexity index is 784. The fraction of sp³-hybridized carbons (Fsp3) is 0.263. The van der Waals surface area contributed by atoms with Crippen LogP contribution in [-0.4, -0.2) is 23.3 Å². The second-order valence-corrected chi connectivity index (χ2v) is 6.15. The molecule has 23 heavy (non-hydrogen) atoms. The Hall–Kier alpha value is -2.62. The smallest absolute Gasteiger partial charge is 0.252 e. The Morgan fingerprint density at radius 3 is 2.70 bits per heavy atom. The van der Waals surface area contributed by atoms with Gasteiger partial charge in [-0.25, -0.2) is 0 Å². The molecule has 4 heteroatoms. The van der Waals surface area contributed by atoms with Crippen molar-refractivity contribution in [2.75, 3.05) is 6.54 Å². The van der Waals surface area contributed by atoms with E-state index in [1.165, 1.54) is 11.1 Å². The zero-order valence-corrected chi connectivity index (χ0v) is 12.8. The molecule has 2 aliphatic heterocycles. The second-order valence-electron chi connectivity index (χ2n) is 6.15. The van der Waals surface area contributed by atoms with E-state index < -0.39 is 0 Å². The average Bonchev–Trinajstić information content (AvgIpc) is 2.91. The Balaban J connectivity index is 1.49. The molecule has 4 rings (SSSR count). The summed E-state index contributed by atoms with van der Waals surface area (Å²) in [6.45, 7) is 1.41. The van der Waals surface area contributed by atoms with Crippen LogP contribution in [0.1, 0.15) is 39.5 Å². The maximum atomic E-state index is 12.7. The highest BCUT2D eigenvalue weighted by atomic mass is 16.2. The number of carbonyl (C=O) groups excluding carboxylic acids is 2. The maximum Gasteiger partial charge on any atom is 0.252 e. The Kier molecular flexibility index (Phi) is 3.37. The van der Waals surface area contributed by atoms with Crippen LogP contribution in [0, 0.1) is 0 Å². The van der Waals surface area contributed by atoms with Crippen LogP contribution in [0.5, 0.6) is 0 Å². The quantitative estimate of drug-likeness (QED) is 0.926. The van der Waals surface area contributed by atoms with E-state index >= 15 is 0 Å². The lowest BCUT2D eigenvalue weighted by Gasteiger charge is -2.29. The predicted molar refractivity (Wildman–Crippen MR) is 86.8 cm³/mol. The van der Waals surface area contributed by atoms with Crippen LogP contribution in [0.25, 0.3) is 0 Å². The molecule has 0 radical (unpaired) electrons. The molecule has 0 aromatic heterocycles. The van der Waals surface area contributed by atoms with Gasteiger partial charge in [0.15, 0.2) is 0 Å². The summed E-state index contributed by atoms with van der Waals surface area (Å²) in [5.41, 5.74) is 4.18. The molecule has 0 unspecified atom stereocenters. The summed E-state index contributed by atoms with van der Waals surface area (Å²) in [6.07, 6.45) is 1.22. The molecule has 0 aliphatic carbocycles. The third-order valence-electron chi connectivity index (χ3n) is 4.75. The zero-order chi connectivity index (χ0) is 15.8. The number of hydrogen-bond donors (Lipinski definition) is 1. The summed E-state index contributed by atoms with van der Waals surface area (Å²) in [4.78, 5) is 26.5. The minimum atomic E-state index is -0.205. The zero-order valence-electron chi connectivity index (χ0n) is 12.8. The van der Waals surface area contributed by atoms with Crippen molar-refractivity contribution in [2.45, 2.75) is 25.4 Å². The molecule has 0 bridgehead atoms. The van der Waals surface area contributed by atoms with Gasteiger partial charge in [0, 0.05) is 18.7 Å². The molecule has 0 saturated heterocycles. The number of rotatable bonds is 2. The third kappa shape index (κ3) is 2.50. The molecule has 0 saturated carbocycles. The predicted octanol–water partition coefficient (Wildman–Crippen LogP) is 2.45. The molecular formula is C19H18N2O2. The number of nitrogens with zero attached hydrogens (tertiary/aromatic N) is 1. The molecule has 2 heterocycles. The van der Waals surface area contributed by atoms with Crippen molar-refractivity contribution in [3.8, 4) is 0 Å².